The van der Waals surface area contributed by atoms with Crippen LogP contribution in [0.4, 0.5) is 11.8 Å². The molecule has 8 heteroatoms. The van der Waals surface area contributed by atoms with E-state index in [0.29, 0.717) is 16.7 Å². The Balaban J connectivity index is 1.84. The number of carboxylic acid groups (broad SMARTS) is 1. The number of anilines is 2. The van der Waals surface area contributed by atoms with Crippen molar-refractivity contribution < 1.29 is 9.90 Å². The van der Waals surface area contributed by atoms with Gasteiger partial charge >= 0.3 is 5.97 Å². The van der Waals surface area contributed by atoms with Gasteiger partial charge in [-0.3, -0.25) is 4.68 Å². The summed E-state index contributed by atoms with van der Waals surface area (Å²) in [7, 11) is 0. The Morgan fingerprint density at radius 3 is 2.96 bits per heavy atom. The molecule has 0 fully saturated rings. The van der Waals surface area contributed by atoms with Crippen molar-refractivity contribution in [3.8, 4) is 0 Å². The summed E-state index contributed by atoms with van der Waals surface area (Å²) < 4.78 is 1.85. The molecule has 0 saturated carbocycles. The number of carboxylic acids is 1. The predicted molar refractivity (Wildman–Crippen MR) is 90.8 cm³/mol. The number of aromatic nitrogens is 4. The van der Waals surface area contributed by atoms with Crippen LogP contribution in [0.5, 0.6) is 0 Å². The van der Waals surface area contributed by atoms with Gasteiger partial charge in [-0.05, 0) is 37.6 Å². The van der Waals surface area contributed by atoms with Crippen LogP contribution in [0.15, 0.2) is 36.7 Å². The Morgan fingerprint density at radius 2 is 2.25 bits per heavy atom. The van der Waals surface area contributed by atoms with Gasteiger partial charge in [-0.1, -0.05) is 0 Å². The van der Waals surface area contributed by atoms with Gasteiger partial charge in [-0.25, -0.2) is 9.78 Å². The minimum atomic E-state index is -0.994. The second kappa shape index (κ2) is 6.53. The molecule has 1 aromatic carbocycles. The maximum Gasteiger partial charge on any atom is 0.335 e. The van der Waals surface area contributed by atoms with E-state index in [0.717, 1.165) is 13.0 Å². The highest BCUT2D eigenvalue weighted by Gasteiger charge is 2.12. The van der Waals surface area contributed by atoms with Crippen molar-refractivity contribution in [3.05, 3.63) is 42.2 Å². The minimum absolute atomic E-state index is 0.0974. The number of hydrogen-bond donors (Lipinski definition) is 3. The lowest BCUT2D eigenvalue weighted by Crippen LogP contribution is -2.19. The maximum atomic E-state index is 11.2. The second-order valence-electron chi connectivity index (χ2n) is 5.57. The van der Waals surface area contributed by atoms with Crippen LogP contribution < -0.4 is 11.1 Å². The molecule has 0 amide bonds. The zero-order valence-electron chi connectivity index (χ0n) is 13.2. The van der Waals surface area contributed by atoms with Gasteiger partial charge in [-0.15, -0.1) is 0 Å². The van der Waals surface area contributed by atoms with Crippen LogP contribution in [0, 0.1) is 0 Å². The molecule has 0 aliphatic heterocycles. The summed E-state index contributed by atoms with van der Waals surface area (Å²) in [5.74, 6) is -0.313. The molecule has 0 aliphatic rings. The van der Waals surface area contributed by atoms with Crippen molar-refractivity contribution in [1.82, 2.24) is 19.7 Å². The average Bonchev–Trinajstić information content (AvgIpc) is 3.05. The highest BCUT2D eigenvalue weighted by atomic mass is 16.4. The molecule has 0 spiro atoms. The third-order valence-electron chi connectivity index (χ3n) is 3.69. The normalized spacial score (nSPS) is 12.2. The van der Waals surface area contributed by atoms with Crippen molar-refractivity contribution in [1.29, 1.82) is 0 Å². The topological polar surface area (TPSA) is 119 Å². The molecule has 4 N–H and O–H groups in total. The Hall–Kier alpha value is -3.16. The van der Waals surface area contributed by atoms with Crippen LogP contribution in [0.3, 0.4) is 0 Å². The van der Waals surface area contributed by atoms with Crippen LogP contribution in [-0.2, 0) is 6.54 Å². The molecule has 8 nitrogen and oxygen atoms in total. The van der Waals surface area contributed by atoms with E-state index < -0.39 is 5.97 Å². The van der Waals surface area contributed by atoms with E-state index in [1.807, 2.05) is 23.9 Å². The van der Waals surface area contributed by atoms with Gasteiger partial charge in [0.25, 0.3) is 0 Å². The molecule has 0 aliphatic carbocycles. The van der Waals surface area contributed by atoms with Gasteiger partial charge in [0.05, 0.1) is 11.1 Å². The molecular weight excluding hydrogens is 308 g/mol. The molecule has 24 heavy (non-hydrogen) atoms. The lowest BCUT2D eigenvalue weighted by molar-refractivity contribution is 0.0697. The second-order valence-corrected chi connectivity index (χ2v) is 5.57. The molecule has 2 heterocycles. The summed E-state index contributed by atoms with van der Waals surface area (Å²) in [5.41, 5.74) is 6.55. The molecular formula is C16H18N6O2. The van der Waals surface area contributed by atoms with Gasteiger partial charge in [0.2, 0.25) is 5.95 Å². The summed E-state index contributed by atoms with van der Waals surface area (Å²) in [6.45, 7) is 2.79. The SMILES string of the molecule is CC(CCn1cccn1)Nc1nc(N)nc2ccc(C(=O)O)cc12. The molecule has 2 aromatic heterocycles. The van der Waals surface area contributed by atoms with E-state index in [1.165, 1.54) is 6.07 Å². The maximum absolute atomic E-state index is 11.2. The molecule has 3 rings (SSSR count). The number of rotatable bonds is 6. The Morgan fingerprint density at radius 1 is 1.42 bits per heavy atom. The van der Waals surface area contributed by atoms with E-state index in [1.54, 1.807) is 18.3 Å². The Bertz CT molecular complexity index is 862. The van der Waals surface area contributed by atoms with E-state index in [2.05, 4.69) is 20.4 Å². The van der Waals surface area contributed by atoms with E-state index >= 15 is 0 Å². The highest BCUT2D eigenvalue weighted by Crippen LogP contribution is 2.23. The first-order chi connectivity index (χ1) is 11.5. The number of nitrogens with zero attached hydrogens (tertiary/aromatic N) is 4. The number of carbonyl (C=O) groups is 1. The smallest absolute Gasteiger partial charge is 0.335 e. The van der Waals surface area contributed by atoms with Crippen LogP contribution in [0.2, 0.25) is 0 Å². The highest BCUT2D eigenvalue weighted by molar-refractivity contribution is 5.97. The van der Waals surface area contributed by atoms with Crippen molar-refractivity contribution in [3.63, 3.8) is 0 Å². The third kappa shape index (κ3) is 3.43. The standard InChI is InChI=1S/C16H18N6O2/c1-10(5-8-22-7-2-6-18-22)19-14-12-9-11(15(23)24)3-4-13(12)20-16(17)21-14/h2-4,6-7,9-10H,5,8H2,1H3,(H,23,24)(H3,17,19,20,21). The van der Waals surface area contributed by atoms with Gasteiger partial charge in [0.1, 0.15) is 5.82 Å². The largest absolute Gasteiger partial charge is 0.478 e. The molecule has 0 saturated heterocycles. The summed E-state index contributed by atoms with van der Waals surface area (Å²) in [6.07, 6.45) is 4.47. The number of aromatic carboxylic acids is 1. The first-order valence-electron chi connectivity index (χ1n) is 7.57. The fourth-order valence-corrected chi connectivity index (χ4v) is 2.45. The summed E-state index contributed by atoms with van der Waals surface area (Å²) in [4.78, 5) is 19.6. The number of nitrogens with one attached hydrogen (secondary N) is 1. The summed E-state index contributed by atoms with van der Waals surface area (Å²) in [6, 6.07) is 6.67. The fraction of sp³-hybridized carbons (Fsp3) is 0.250. The fourth-order valence-electron chi connectivity index (χ4n) is 2.45. The van der Waals surface area contributed by atoms with Gasteiger partial charge < -0.3 is 16.2 Å². The number of hydrogen-bond acceptors (Lipinski definition) is 6. The lowest BCUT2D eigenvalue weighted by Gasteiger charge is -2.16. The zero-order chi connectivity index (χ0) is 17.1. The van der Waals surface area contributed by atoms with Gasteiger partial charge in [0.15, 0.2) is 0 Å². The monoisotopic (exact) mass is 326 g/mol. The number of nitrogens with two attached hydrogens (primary N) is 1. The van der Waals surface area contributed by atoms with E-state index in [-0.39, 0.29) is 17.6 Å². The molecule has 0 bridgehead atoms. The number of fused-ring (bicyclic) bond motifs is 1. The average molecular weight is 326 g/mol. The van der Waals surface area contributed by atoms with Crippen LogP contribution in [0.25, 0.3) is 10.9 Å². The Labute approximate surface area is 138 Å². The Kier molecular flexibility index (Phi) is 4.28. The summed E-state index contributed by atoms with van der Waals surface area (Å²) >= 11 is 0. The third-order valence-corrected chi connectivity index (χ3v) is 3.69. The van der Waals surface area contributed by atoms with E-state index in [4.69, 9.17) is 10.8 Å². The van der Waals surface area contributed by atoms with Gasteiger partial charge in [0, 0.05) is 30.4 Å². The van der Waals surface area contributed by atoms with Gasteiger partial charge in [-0.2, -0.15) is 10.1 Å². The minimum Gasteiger partial charge on any atom is -0.478 e. The molecule has 0 radical (unpaired) electrons. The zero-order valence-corrected chi connectivity index (χ0v) is 13.2. The number of aryl methyl sites for hydroxylation is 1. The van der Waals surface area contributed by atoms with Crippen molar-refractivity contribution in [2.24, 2.45) is 0 Å². The molecule has 124 valence electrons. The van der Waals surface area contributed by atoms with Crippen LogP contribution in [0.1, 0.15) is 23.7 Å². The van der Waals surface area contributed by atoms with Crippen molar-refractivity contribution in [2.45, 2.75) is 25.9 Å². The molecule has 1 atom stereocenters. The quantitative estimate of drug-likeness (QED) is 0.633. The number of benzene rings is 1. The summed E-state index contributed by atoms with van der Waals surface area (Å²) in [5, 5.41) is 17.3. The lowest BCUT2D eigenvalue weighted by atomic mass is 10.1. The van der Waals surface area contributed by atoms with Crippen molar-refractivity contribution in [2.75, 3.05) is 11.1 Å². The van der Waals surface area contributed by atoms with E-state index in [9.17, 15) is 4.79 Å². The van der Waals surface area contributed by atoms with Crippen molar-refractivity contribution >= 4 is 28.6 Å². The number of nitrogen functional groups attached to an aromatic ring is 1. The first kappa shape index (κ1) is 15.7. The van der Waals surface area contributed by atoms with Crippen LogP contribution in [-0.4, -0.2) is 36.9 Å². The first-order valence-corrected chi connectivity index (χ1v) is 7.57. The van der Waals surface area contributed by atoms with Crippen LogP contribution >= 0.6 is 0 Å². The predicted octanol–water partition coefficient (Wildman–Crippen LogP) is 2.00. The molecule has 3 aromatic rings. The molecule has 1 unspecified atom stereocenters.